The molecule has 3 fully saturated rings. The number of oxime groups is 1. The highest BCUT2D eigenvalue weighted by Gasteiger charge is 2.53. The molecule has 1 amide bonds. The van der Waals surface area contributed by atoms with Crippen LogP contribution in [-0.2, 0) is 30.4 Å². The van der Waals surface area contributed by atoms with Crippen LogP contribution in [0, 0.1) is 11.6 Å². The Morgan fingerprint density at radius 1 is 1.09 bits per heavy atom. The van der Waals surface area contributed by atoms with Crippen LogP contribution < -0.4 is 10.1 Å². The fourth-order valence-corrected chi connectivity index (χ4v) is 5.44. The van der Waals surface area contributed by atoms with E-state index in [0.717, 1.165) is 6.07 Å². The van der Waals surface area contributed by atoms with Gasteiger partial charge in [-0.15, -0.1) is 0 Å². The van der Waals surface area contributed by atoms with E-state index in [4.69, 9.17) is 35.4 Å². The van der Waals surface area contributed by atoms with Gasteiger partial charge in [-0.2, -0.15) is 0 Å². The molecule has 3 aliphatic rings. The van der Waals surface area contributed by atoms with Gasteiger partial charge >= 0.3 is 0 Å². The molecule has 15 heteroatoms. The molecule has 3 unspecified atom stereocenters. The number of benzene rings is 2. The molecule has 2 aliphatic heterocycles. The van der Waals surface area contributed by atoms with Crippen LogP contribution in [0.4, 0.5) is 13.2 Å². The lowest BCUT2D eigenvalue weighted by Gasteiger charge is -2.41. The Morgan fingerprint density at radius 2 is 1.82 bits per heavy atom. The summed E-state index contributed by atoms with van der Waals surface area (Å²) >= 11 is 6.01. The highest BCUT2D eigenvalue weighted by atomic mass is 35.5. The van der Waals surface area contributed by atoms with E-state index in [1.54, 1.807) is 6.92 Å². The van der Waals surface area contributed by atoms with Gasteiger partial charge in [0.1, 0.15) is 55.8 Å². The average molecular weight is 657 g/mol. The van der Waals surface area contributed by atoms with Gasteiger partial charge in [-0.25, -0.2) is 13.2 Å². The predicted octanol–water partition coefficient (Wildman–Crippen LogP) is 2.77. The van der Waals surface area contributed by atoms with Gasteiger partial charge in [-0.1, -0.05) is 22.8 Å². The number of carbonyl (C=O) groups excluding carboxylic acids is 1. The smallest absolute Gasteiger partial charge is 0.247 e. The third-order valence-corrected chi connectivity index (χ3v) is 8.15. The molecule has 45 heavy (non-hydrogen) atoms. The fourth-order valence-electron chi connectivity index (χ4n) is 5.27. The quantitative estimate of drug-likeness (QED) is 0.182. The molecule has 5 rings (SSSR count). The molecule has 2 aromatic rings. The number of alkyl halides is 1. The van der Waals surface area contributed by atoms with E-state index < -0.39 is 72.7 Å². The first-order valence-corrected chi connectivity index (χ1v) is 14.4. The number of fused-ring (bicyclic) bond motifs is 1. The Labute approximate surface area is 261 Å². The second-order valence-corrected chi connectivity index (χ2v) is 11.4. The van der Waals surface area contributed by atoms with Crippen molar-refractivity contribution in [2.75, 3.05) is 6.79 Å². The van der Waals surface area contributed by atoms with Crippen LogP contribution in [0.25, 0.3) is 6.08 Å². The monoisotopic (exact) mass is 656 g/mol. The van der Waals surface area contributed by atoms with E-state index in [9.17, 15) is 33.3 Å². The van der Waals surface area contributed by atoms with Gasteiger partial charge in [0, 0.05) is 22.6 Å². The zero-order valence-corrected chi connectivity index (χ0v) is 24.9. The van der Waals surface area contributed by atoms with E-state index in [1.165, 1.54) is 43.3 Å². The van der Waals surface area contributed by atoms with Crippen molar-refractivity contribution in [1.29, 1.82) is 0 Å². The third kappa shape index (κ3) is 7.43. The number of aliphatic hydroxyl groups excluding tert-OH is 3. The highest BCUT2D eigenvalue weighted by molar-refractivity contribution is 6.31. The fraction of sp³-hybridized carbons (Fsp3) is 0.467. The highest BCUT2D eigenvalue weighted by Crippen LogP contribution is 2.31. The molecule has 2 heterocycles. The maximum absolute atomic E-state index is 14.9. The minimum absolute atomic E-state index is 0.102. The van der Waals surface area contributed by atoms with Crippen LogP contribution in [-0.4, -0.2) is 88.9 Å². The summed E-state index contributed by atoms with van der Waals surface area (Å²) in [6, 6.07) is 6.33. The molecule has 244 valence electrons. The molecule has 4 N–H and O–H groups in total. The molecule has 11 nitrogen and oxygen atoms in total. The summed E-state index contributed by atoms with van der Waals surface area (Å²) in [4.78, 5) is 18.0. The molecule has 0 bridgehead atoms. The Kier molecular flexibility index (Phi) is 10.3. The molecular weight excluding hydrogens is 625 g/mol. The first-order chi connectivity index (χ1) is 21.4. The number of hydrogen-bond acceptors (Lipinski definition) is 10. The van der Waals surface area contributed by atoms with Gasteiger partial charge in [0.05, 0.1) is 11.8 Å². The maximum atomic E-state index is 14.9. The van der Waals surface area contributed by atoms with Crippen LogP contribution in [0.2, 0.25) is 5.02 Å². The number of hydrogen-bond donors (Lipinski definition) is 4. The maximum Gasteiger partial charge on any atom is 0.247 e. The SMILES string of the molecule is C/C(=C\c1ccc(O[C@@H]2O[C@H](/C(C)=N/OCc3cc(F)ccc3Cl)C[C@H]2F)c(F)c1)C(=O)N[C@@H]1C(O)C(O)C2OCO[C@H]2[C@@H]1O. The molecule has 1 aliphatic carbocycles. The zero-order chi connectivity index (χ0) is 32.4. The summed E-state index contributed by atoms with van der Waals surface area (Å²) in [5.41, 5.74) is 1.04. The molecule has 0 radical (unpaired) electrons. The van der Waals surface area contributed by atoms with Crippen LogP contribution in [0.15, 0.2) is 47.1 Å². The average Bonchev–Trinajstić information content (AvgIpc) is 3.64. The molecule has 1 saturated carbocycles. The van der Waals surface area contributed by atoms with Crippen molar-refractivity contribution in [2.24, 2.45) is 5.16 Å². The van der Waals surface area contributed by atoms with Crippen molar-refractivity contribution < 1.29 is 57.1 Å². The van der Waals surface area contributed by atoms with Crippen molar-refractivity contribution >= 4 is 29.3 Å². The standard InChI is InChI=1S/C30H32ClF3N2O9/c1-13(29(40)35-23-24(37)26(39)28-27(25(23)38)41-12-42-28)7-15-3-6-21(19(33)8-15)44-30-20(34)10-22(45-30)14(2)36-43-11-16-9-17(32)4-5-18(16)31/h3-9,20,22-28,30,37-39H,10-12H2,1-2H3,(H,35,40)/b13-7+,36-14+/t20-,22+,23-,24?,25-,26?,27+,28?,30-/m1/s1. The van der Waals surface area contributed by atoms with E-state index in [2.05, 4.69) is 10.5 Å². The summed E-state index contributed by atoms with van der Waals surface area (Å²) < 4.78 is 64.6. The summed E-state index contributed by atoms with van der Waals surface area (Å²) in [5.74, 6) is -2.30. The van der Waals surface area contributed by atoms with Gasteiger partial charge in [-0.05, 0) is 55.8 Å². The lowest BCUT2D eigenvalue weighted by Crippen LogP contribution is -2.67. The van der Waals surface area contributed by atoms with Crippen LogP contribution in [0.3, 0.4) is 0 Å². The molecule has 0 aromatic heterocycles. The van der Waals surface area contributed by atoms with Crippen molar-refractivity contribution in [2.45, 2.75) is 82.0 Å². The van der Waals surface area contributed by atoms with E-state index in [1.807, 2.05) is 0 Å². The predicted molar refractivity (Wildman–Crippen MR) is 153 cm³/mol. The summed E-state index contributed by atoms with van der Waals surface area (Å²) in [6.07, 6.45) is -8.75. The second-order valence-electron chi connectivity index (χ2n) is 11.0. The second kappa shape index (κ2) is 14.0. The van der Waals surface area contributed by atoms with Gasteiger partial charge in [0.25, 0.3) is 0 Å². The number of nitrogens with one attached hydrogen (secondary N) is 1. The number of halogens is 4. The topological polar surface area (TPSA) is 148 Å². The van der Waals surface area contributed by atoms with Crippen molar-refractivity contribution in [1.82, 2.24) is 5.32 Å². The van der Waals surface area contributed by atoms with Gasteiger partial charge in [0.15, 0.2) is 17.7 Å². The number of aliphatic hydroxyl groups is 3. The normalized spacial score (nSPS) is 31.9. The van der Waals surface area contributed by atoms with Gasteiger partial charge in [-0.3, -0.25) is 4.79 Å². The molecule has 2 saturated heterocycles. The zero-order valence-electron chi connectivity index (χ0n) is 24.1. The number of rotatable bonds is 9. The summed E-state index contributed by atoms with van der Waals surface area (Å²) in [6.45, 7) is 2.71. The van der Waals surface area contributed by atoms with Crippen molar-refractivity contribution in [3.63, 3.8) is 0 Å². The Hall–Kier alpha value is -3.24. The van der Waals surface area contributed by atoms with Crippen molar-refractivity contribution in [3.8, 4) is 5.75 Å². The number of ether oxygens (including phenoxy) is 4. The molecular formula is C30H32ClF3N2O9. The largest absolute Gasteiger partial charge is 0.459 e. The molecule has 2 aromatic carbocycles. The van der Waals surface area contributed by atoms with Crippen LogP contribution >= 0.6 is 11.6 Å². The van der Waals surface area contributed by atoms with E-state index >= 15 is 0 Å². The van der Waals surface area contributed by atoms with Crippen molar-refractivity contribution in [3.05, 3.63) is 69.8 Å². The number of nitrogens with zero attached hydrogens (tertiary/aromatic N) is 1. The Morgan fingerprint density at radius 3 is 2.56 bits per heavy atom. The Bertz CT molecular complexity index is 1460. The lowest BCUT2D eigenvalue weighted by atomic mass is 9.83. The Balaban J connectivity index is 1.16. The summed E-state index contributed by atoms with van der Waals surface area (Å²) in [7, 11) is 0. The minimum Gasteiger partial charge on any atom is -0.459 e. The number of amides is 1. The van der Waals surface area contributed by atoms with Crippen LogP contribution in [0.5, 0.6) is 5.75 Å². The third-order valence-electron chi connectivity index (χ3n) is 7.78. The van der Waals surface area contributed by atoms with E-state index in [0.29, 0.717) is 10.6 Å². The lowest BCUT2D eigenvalue weighted by molar-refractivity contribution is -0.155. The van der Waals surface area contributed by atoms with E-state index in [-0.39, 0.29) is 42.4 Å². The molecule has 0 spiro atoms. The van der Waals surface area contributed by atoms with Gasteiger partial charge in [0.2, 0.25) is 12.2 Å². The first-order valence-electron chi connectivity index (χ1n) is 14.1. The summed E-state index contributed by atoms with van der Waals surface area (Å²) in [5, 5.41) is 37.9. The van der Waals surface area contributed by atoms with Gasteiger partial charge < -0.3 is 44.4 Å². The first kappa shape index (κ1) is 33.1. The molecule has 9 atom stereocenters. The van der Waals surface area contributed by atoms with Crippen LogP contribution in [0.1, 0.15) is 31.4 Å². The number of carbonyl (C=O) groups is 1. The minimum atomic E-state index is -1.61.